The molecule has 1 N–H and O–H groups in total. The van der Waals surface area contributed by atoms with Gasteiger partial charge in [0.2, 0.25) is 5.89 Å². The molecule has 1 aromatic rings. The second kappa shape index (κ2) is 6.77. The lowest BCUT2D eigenvalue weighted by atomic mass is 9.79. The number of carbonyl (C=O) groups is 1. The van der Waals surface area contributed by atoms with Crippen LogP contribution in [0.2, 0.25) is 0 Å². The number of rotatable bonds is 4. The van der Waals surface area contributed by atoms with Gasteiger partial charge in [0.25, 0.3) is 11.7 Å². The van der Waals surface area contributed by atoms with Crippen molar-refractivity contribution >= 4 is 5.91 Å². The number of hydrogen-bond acceptors (Lipinski definition) is 5. The number of amides is 1. The summed E-state index contributed by atoms with van der Waals surface area (Å²) < 4.78 is 4.89. The van der Waals surface area contributed by atoms with Gasteiger partial charge in [0, 0.05) is 19.0 Å². The van der Waals surface area contributed by atoms with Crippen LogP contribution in [0, 0.1) is 6.92 Å². The molecule has 2 heterocycles. The van der Waals surface area contributed by atoms with Crippen molar-refractivity contribution in [2.75, 3.05) is 19.6 Å². The first-order valence-corrected chi connectivity index (χ1v) is 8.53. The monoisotopic (exact) mass is 306 g/mol. The van der Waals surface area contributed by atoms with E-state index in [0.717, 1.165) is 13.1 Å². The number of hydrogen-bond donors (Lipinski definition) is 1. The van der Waals surface area contributed by atoms with Crippen LogP contribution in [0.4, 0.5) is 0 Å². The molecule has 0 radical (unpaired) electrons. The summed E-state index contributed by atoms with van der Waals surface area (Å²) in [5.74, 6) is 0.342. The van der Waals surface area contributed by atoms with Gasteiger partial charge in [0.05, 0.1) is 0 Å². The summed E-state index contributed by atoms with van der Waals surface area (Å²) in [7, 11) is 0. The first-order valence-electron chi connectivity index (χ1n) is 8.53. The quantitative estimate of drug-likeness (QED) is 0.924. The molecule has 1 aliphatic heterocycles. The third-order valence-electron chi connectivity index (χ3n) is 5.12. The number of aromatic nitrogens is 2. The predicted octanol–water partition coefficient (Wildman–Crippen LogP) is 2.30. The third kappa shape index (κ3) is 3.32. The van der Waals surface area contributed by atoms with Gasteiger partial charge >= 0.3 is 0 Å². The van der Waals surface area contributed by atoms with E-state index in [4.69, 9.17) is 4.52 Å². The van der Waals surface area contributed by atoms with Crippen molar-refractivity contribution in [2.24, 2.45) is 0 Å². The second-order valence-corrected chi connectivity index (χ2v) is 6.65. The van der Waals surface area contributed by atoms with E-state index in [1.165, 1.54) is 51.4 Å². The van der Waals surface area contributed by atoms with Crippen molar-refractivity contribution in [3.05, 3.63) is 11.7 Å². The van der Waals surface area contributed by atoms with E-state index < -0.39 is 0 Å². The third-order valence-corrected chi connectivity index (χ3v) is 5.12. The molecule has 122 valence electrons. The van der Waals surface area contributed by atoms with Crippen molar-refractivity contribution in [3.63, 3.8) is 0 Å². The molecule has 0 aromatic carbocycles. The van der Waals surface area contributed by atoms with Crippen LogP contribution in [0.25, 0.3) is 0 Å². The highest BCUT2D eigenvalue weighted by atomic mass is 16.5. The maximum Gasteiger partial charge on any atom is 0.292 e. The molecule has 1 amide bonds. The lowest BCUT2D eigenvalue weighted by Crippen LogP contribution is -2.58. The Bertz CT molecular complexity index is 502. The molecule has 1 saturated heterocycles. The van der Waals surface area contributed by atoms with Gasteiger partial charge in [-0.1, -0.05) is 30.8 Å². The predicted molar refractivity (Wildman–Crippen MR) is 82.6 cm³/mol. The van der Waals surface area contributed by atoms with Gasteiger partial charge in [0.15, 0.2) is 0 Å². The van der Waals surface area contributed by atoms with E-state index in [1.54, 1.807) is 6.92 Å². The molecule has 1 aliphatic carbocycles. The SMILES string of the molecule is Cc1nc(C(=O)NCC2(N3CCCCC3)CCCCC2)no1. The van der Waals surface area contributed by atoms with Crippen molar-refractivity contribution in [1.82, 2.24) is 20.4 Å². The van der Waals surface area contributed by atoms with E-state index >= 15 is 0 Å². The van der Waals surface area contributed by atoms with Crippen LogP contribution in [0.5, 0.6) is 0 Å². The fraction of sp³-hybridized carbons (Fsp3) is 0.812. The Kier molecular flexibility index (Phi) is 4.76. The molecule has 2 fully saturated rings. The molecule has 0 unspecified atom stereocenters. The molecule has 6 nitrogen and oxygen atoms in total. The van der Waals surface area contributed by atoms with E-state index in [-0.39, 0.29) is 17.3 Å². The van der Waals surface area contributed by atoms with Gasteiger partial charge < -0.3 is 9.84 Å². The standard InChI is InChI=1S/C16H26N4O2/c1-13-18-14(19-22-13)15(21)17-12-16(8-4-2-5-9-16)20-10-6-3-7-11-20/h2-12H2,1H3,(H,17,21). The summed E-state index contributed by atoms with van der Waals surface area (Å²) in [5.41, 5.74) is 0.132. The highest BCUT2D eigenvalue weighted by molar-refractivity contribution is 5.90. The summed E-state index contributed by atoms with van der Waals surface area (Å²) in [6.07, 6.45) is 10.1. The van der Waals surface area contributed by atoms with Gasteiger partial charge in [-0.15, -0.1) is 0 Å². The number of carbonyl (C=O) groups excluding carboxylic acids is 1. The van der Waals surface area contributed by atoms with Gasteiger partial charge in [-0.05, 0) is 38.8 Å². The summed E-state index contributed by atoms with van der Waals surface area (Å²) in [6, 6.07) is 0. The second-order valence-electron chi connectivity index (χ2n) is 6.65. The Balaban J connectivity index is 1.66. The summed E-state index contributed by atoms with van der Waals surface area (Å²) in [6.45, 7) is 4.72. The van der Waals surface area contributed by atoms with Crippen LogP contribution < -0.4 is 5.32 Å². The van der Waals surface area contributed by atoms with Crippen LogP contribution in [-0.2, 0) is 0 Å². The smallest absolute Gasteiger partial charge is 0.292 e. The van der Waals surface area contributed by atoms with Crippen molar-refractivity contribution < 1.29 is 9.32 Å². The normalized spacial score (nSPS) is 22.4. The molecule has 1 aromatic heterocycles. The van der Waals surface area contributed by atoms with Crippen LogP contribution in [0.15, 0.2) is 4.52 Å². The zero-order chi connectivity index (χ0) is 15.4. The van der Waals surface area contributed by atoms with Gasteiger partial charge in [-0.2, -0.15) is 4.98 Å². The molecule has 0 spiro atoms. The van der Waals surface area contributed by atoms with Gasteiger partial charge in [-0.3, -0.25) is 9.69 Å². The molecule has 0 bridgehead atoms. The fourth-order valence-corrected chi connectivity index (χ4v) is 3.90. The Morgan fingerprint density at radius 3 is 2.50 bits per heavy atom. The first-order chi connectivity index (χ1) is 10.7. The fourth-order valence-electron chi connectivity index (χ4n) is 3.90. The summed E-state index contributed by atoms with van der Waals surface area (Å²) >= 11 is 0. The highest BCUT2D eigenvalue weighted by Crippen LogP contribution is 2.35. The van der Waals surface area contributed by atoms with Crippen LogP contribution in [0.3, 0.4) is 0 Å². The van der Waals surface area contributed by atoms with Gasteiger partial charge in [0.1, 0.15) is 0 Å². The Labute approximate surface area is 131 Å². The Hall–Kier alpha value is -1.43. The minimum Gasteiger partial charge on any atom is -0.347 e. The minimum absolute atomic E-state index is 0.132. The van der Waals surface area contributed by atoms with E-state index in [1.807, 2.05) is 0 Å². The van der Waals surface area contributed by atoms with Crippen molar-refractivity contribution in [1.29, 1.82) is 0 Å². The molecular formula is C16H26N4O2. The molecule has 3 rings (SSSR count). The zero-order valence-corrected chi connectivity index (χ0v) is 13.4. The minimum atomic E-state index is -0.223. The van der Waals surface area contributed by atoms with Crippen LogP contribution >= 0.6 is 0 Å². The lowest BCUT2D eigenvalue weighted by molar-refractivity contribution is 0.0325. The number of piperidine rings is 1. The van der Waals surface area contributed by atoms with Crippen molar-refractivity contribution in [3.8, 4) is 0 Å². The van der Waals surface area contributed by atoms with E-state index in [9.17, 15) is 4.79 Å². The molecule has 6 heteroatoms. The average molecular weight is 306 g/mol. The lowest BCUT2D eigenvalue weighted by Gasteiger charge is -2.48. The van der Waals surface area contributed by atoms with Crippen molar-refractivity contribution in [2.45, 2.75) is 63.8 Å². The summed E-state index contributed by atoms with van der Waals surface area (Å²) in [5, 5.41) is 6.76. The van der Waals surface area contributed by atoms with Gasteiger partial charge in [-0.25, -0.2) is 0 Å². The maximum atomic E-state index is 12.2. The molecule has 22 heavy (non-hydrogen) atoms. The average Bonchev–Trinajstić information content (AvgIpc) is 3.01. The largest absolute Gasteiger partial charge is 0.347 e. The van der Waals surface area contributed by atoms with E-state index in [2.05, 4.69) is 20.4 Å². The molecule has 2 aliphatic rings. The number of nitrogens with zero attached hydrogens (tertiary/aromatic N) is 3. The Morgan fingerprint density at radius 1 is 1.18 bits per heavy atom. The topological polar surface area (TPSA) is 71.3 Å². The number of aryl methyl sites for hydroxylation is 1. The number of likely N-dealkylation sites (tertiary alicyclic amines) is 1. The van der Waals surface area contributed by atoms with Crippen LogP contribution in [-0.4, -0.2) is 46.1 Å². The zero-order valence-electron chi connectivity index (χ0n) is 13.4. The van der Waals surface area contributed by atoms with E-state index in [0.29, 0.717) is 12.4 Å². The Morgan fingerprint density at radius 2 is 1.86 bits per heavy atom. The molecule has 1 saturated carbocycles. The molecule has 0 atom stereocenters. The molecular weight excluding hydrogens is 280 g/mol. The van der Waals surface area contributed by atoms with Crippen LogP contribution in [0.1, 0.15) is 67.9 Å². The summed E-state index contributed by atoms with van der Waals surface area (Å²) in [4.78, 5) is 18.8. The number of nitrogens with one attached hydrogen (secondary N) is 1. The highest BCUT2D eigenvalue weighted by Gasteiger charge is 2.38. The first kappa shape index (κ1) is 15.5. The maximum absolute atomic E-state index is 12.2.